The van der Waals surface area contributed by atoms with Crippen LogP contribution in [0.3, 0.4) is 0 Å². The van der Waals surface area contributed by atoms with Crippen molar-refractivity contribution >= 4 is 5.97 Å². The molecule has 30 heavy (non-hydrogen) atoms. The molecule has 4 aliphatic rings. The molecule has 0 amide bonds. The lowest BCUT2D eigenvalue weighted by atomic mass is 9.53. The molecule has 160 valence electrons. The predicted octanol–water partition coefficient (Wildman–Crippen LogP) is 3.13. The molecule has 4 bridgehead atoms. The molecule has 0 saturated heterocycles. The Bertz CT molecular complexity index is 972. The van der Waals surface area contributed by atoms with Crippen molar-refractivity contribution in [2.45, 2.75) is 69.9 Å². The number of hydrogen-bond donors (Lipinski definition) is 2. The Morgan fingerprint density at radius 3 is 2.37 bits per heavy atom. The number of aromatic hydroxyl groups is 1. The molecule has 6 rings (SSSR count). The van der Waals surface area contributed by atoms with Crippen molar-refractivity contribution < 1.29 is 15.0 Å². The van der Waals surface area contributed by atoms with Crippen LogP contribution in [0.4, 0.5) is 0 Å². The highest BCUT2D eigenvalue weighted by Crippen LogP contribution is 2.59. The molecule has 7 heteroatoms. The molecule has 2 N–H and O–H groups in total. The number of aromatic nitrogens is 3. The van der Waals surface area contributed by atoms with Crippen molar-refractivity contribution in [3.05, 3.63) is 46.3 Å². The maximum atomic E-state index is 13.6. The van der Waals surface area contributed by atoms with Crippen LogP contribution >= 0.6 is 0 Å². The third-order valence-electron chi connectivity index (χ3n) is 7.55. The van der Waals surface area contributed by atoms with E-state index in [0.717, 1.165) is 25.0 Å². The van der Waals surface area contributed by atoms with Crippen LogP contribution in [0.15, 0.2) is 29.2 Å². The highest BCUT2D eigenvalue weighted by atomic mass is 16.4. The minimum Gasteiger partial charge on any atom is -0.493 e. The van der Waals surface area contributed by atoms with Crippen molar-refractivity contribution in [1.82, 2.24) is 14.1 Å². The summed E-state index contributed by atoms with van der Waals surface area (Å²) in [5.41, 5.74) is 0.835. The number of carboxylic acid groups (broad SMARTS) is 1. The molecule has 2 aromatic heterocycles. The average Bonchev–Trinajstić information content (AvgIpc) is 2.92. The first-order chi connectivity index (χ1) is 14.4. The van der Waals surface area contributed by atoms with E-state index in [0.29, 0.717) is 36.3 Å². The fourth-order valence-corrected chi connectivity index (χ4v) is 6.81. The van der Waals surface area contributed by atoms with Gasteiger partial charge in [0.25, 0.3) is 0 Å². The van der Waals surface area contributed by atoms with E-state index >= 15 is 0 Å². The van der Waals surface area contributed by atoms with Gasteiger partial charge in [0.15, 0.2) is 0 Å². The van der Waals surface area contributed by atoms with Gasteiger partial charge in [0.1, 0.15) is 0 Å². The van der Waals surface area contributed by atoms with Crippen LogP contribution in [-0.4, -0.2) is 30.3 Å². The van der Waals surface area contributed by atoms with Crippen molar-refractivity contribution in [3.8, 4) is 5.88 Å². The SMILES string of the molecule is O=C(O)CCCc1c(O)n(C23CC4CC(CC(C4)C2)C3)c(=O)n1Cc1ccccn1. The molecule has 0 aromatic carbocycles. The van der Waals surface area contributed by atoms with Gasteiger partial charge in [0, 0.05) is 12.6 Å². The van der Waals surface area contributed by atoms with E-state index in [1.54, 1.807) is 15.3 Å². The number of nitrogens with zero attached hydrogens (tertiary/aromatic N) is 3. The Kier molecular flexibility index (Phi) is 4.71. The second-order valence-electron chi connectivity index (χ2n) is 9.68. The van der Waals surface area contributed by atoms with Crippen LogP contribution in [0.25, 0.3) is 0 Å². The molecule has 4 saturated carbocycles. The summed E-state index contributed by atoms with van der Waals surface area (Å²) in [4.78, 5) is 29.0. The third-order valence-corrected chi connectivity index (χ3v) is 7.55. The lowest BCUT2D eigenvalue weighted by molar-refractivity contribution is -0.137. The number of rotatable bonds is 7. The number of carboxylic acids is 1. The molecular weight excluding hydrogens is 382 g/mol. The predicted molar refractivity (Wildman–Crippen MR) is 110 cm³/mol. The maximum absolute atomic E-state index is 13.6. The average molecular weight is 412 g/mol. The smallest absolute Gasteiger partial charge is 0.332 e. The van der Waals surface area contributed by atoms with E-state index < -0.39 is 5.97 Å². The van der Waals surface area contributed by atoms with Crippen molar-refractivity contribution in [2.24, 2.45) is 17.8 Å². The zero-order chi connectivity index (χ0) is 20.9. The van der Waals surface area contributed by atoms with Gasteiger partial charge in [0.05, 0.1) is 23.5 Å². The van der Waals surface area contributed by atoms with Crippen molar-refractivity contribution in [3.63, 3.8) is 0 Å². The molecule has 7 nitrogen and oxygen atoms in total. The largest absolute Gasteiger partial charge is 0.493 e. The van der Waals surface area contributed by atoms with E-state index in [-0.39, 0.29) is 30.1 Å². The number of aliphatic carboxylic acids is 1. The summed E-state index contributed by atoms with van der Waals surface area (Å²) in [5, 5.41) is 20.3. The minimum atomic E-state index is -0.867. The molecule has 0 spiro atoms. The number of hydrogen-bond acceptors (Lipinski definition) is 4. The van der Waals surface area contributed by atoms with E-state index in [9.17, 15) is 14.7 Å². The Balaban J connectivity index is 1.56. The Hall–Kier alpha value is -2.57. The Morgan fingerprint density at radius 2 is 1.80 bits per heavy atom. The van der Waals surface area contributed by atoms with Crippen molar-refractivity contribution in [2.75, 3.05) is 0 Å². The normalized spacial score (nSPS) is 29.4. The van der Waals surface area contributed by atoms with Crippen LogP contribution in [0, 0.1) is 17.8 Å². The summed E-state index contributed by atoms with van der Waals surface area (Å²) < 4.78 is 3.31. The molecule has 2 heterocycles. The van der Waals surface area contributed by atoms with Gasteiger partial charge in [-0.15, -0.1) is 0 Å². The first-order valence-electron chi connectivity index (χ1n) is 11.1. The summed E-state index contributed by atoms with van der Waals surface area (Å²) in [5.74, 6) is 1.13. The van der Waals surface area contributed by atoms with E-state index in [1.807, 2.05) is 18.2 Å². The molecule has 4 aliphatic carbocycles. The quantitative estimate of drug-likeness (QED) is 0.730. The molecule has 2 aromatic rings. The third kappa shape index (κ3) is 3.24. The van der Waals surface area contributed by atoms with Crippen LogP contribution < -0.4 is 5.69 Å². The van der Waals surface area contributed by atoms with E-state index in [4.69, 9.17) is 5.11 Å². The summed E-state index contributed by atoms with van der Waals surface area (Å²) >= 11 is 0. The van der Waals surface area contributed by atoms with Crippen LogP contribution in [0.2, 0.25) is 0 Å². The molecule has 0 aliphatic heterocycles. The van der Waals surface area contributed by atoms with Gasteiger partial charge in [-0.25, -0.2) is 4.79 Å². The topological polar surface area (TPSA) is 97.4 Å². The first-order valence-corrected chi connectivity index (χ1v) is 11.1. The summed E-state index contributed by atoms with van der Waals surface area (Å²) in [6.07, 6.45) is 9.13. The fourth-order valence-electron chi connectivity index (χ4n) is 6.81. The maximum Gasteiger partial charge on any atom is 0.332 e. The fraction of sp³-hybridized carbons (Fsp3) is 0.609. The van der Waals surface area contributed by atoms with Gasteiger partial charge in [-0.1, -0.05) is 6.07 Å². The summed E-state index contributed by atoms with van der Waals surface area (Å²) in [6, 6.07) is 5.58. The van der Waals surface area contributed by atoms with Crippen LogP contribution in [-0.2, 0) is 23.3 Å². The van der Waals surface area contributed by atoms with Gasteiger partial charge in [-0.2, -0.15) is 0 Å². The monoisotopic (exact) mass is 411 g/mol. The standard InChI is InChI=1S/C23H29N3O4/c27-20(28)6-3-5-19-21(29)26(22(30)25(19)14-18-4-1-2-7-24-18)23-11-15-8-16(12-23)10-17(9-15)13-23/h1-2,4,7,15-17,29H,3,5-6,8-14H2,(H,27,28). The Labute approximate surface area is 175 Å². The molecule has 0 radical (unpaired) electrons. The zero-order valence-electron chi connectivity index (χ0n) is 17.2. The highest BCUT2D eigenvalue weighted by molar-refractivity contribution is 5.66. The number of pyridine rings is 1. The van der Waals surface area contributed by atoms with Gasteiger partial charge in [-0.3, -0.25) is 18.9 Å². The molecule has 4 fully saturated rings. The number of carbonyl (C=O) groups is 1. The number of imidazole rings is 1. The lowest BCUT2D eigenvalue weighted by Crippen LogP contribution is -2.54. The summed E-state index contributed by atoms with van der Waals surface area (Å²) in [7, 11) is 0. The summed E-state index contributed by atoms with van der Waals surface area (Å²) in [6.45, 7) is 0.287. The first kappa shape index (κ1) is 19.4. The van der Waals surface area contributed by atoms with Gasteiger partial charge in [-0.05, 0) is 81.3 Å². The second kappa shape index (κ2) is 7.29. The van der Waals surface area contributed by atoms with Crippen molar-refractivity contribution in [1.29, 1.82) is 0 Å². The minimum absolute atomic E-state index is 0.0137. The zero-order valence-corrected chi connectivity index (χ0v) is 17.2. The van der Waals surface area contributed by atoms with Gasteiger partial charge >= 0.3 is 11.7 Å². The van der Waals surface area contributed by atoms with E-state index in [2.05, 4.69) is 4.98 Å². The highest BCUT2D eigenvalue weighted by Gasteiger charge is 2.53. The van der Waals surface area contributed by atoms with E-state index in [1.165, 1.54) is 19.3 Å². The molecular formula is C23H29N3O4. The van der Waals surface area contributed by atoms with Gasteiger partial charge in [0.2, 0.25) is 5.88 Å². The molecule has 0 unspecified atom stereocenters. The molecule has 0 atom stereocenters. The second-order valence-corrected chi connectivity index (χ2v) is 9.68. The van der Waals surface area contributed by atoms with Crippen LogP contribution in [0.5, 0.6) is 5.88 Å². The Morgan fingerprint density at radius 1 is 1.13 bits per heavy atom. The van der Waals surface area contributed by atoms with Gasteiger partial charge < -0.3 is 10.2 Å². The van der Waals surface area contributed by atoms with Crippen LogP contribution in [0.1, 0.15) is 62.8 Å². The lowest BCUT2D eigenvalue weighted by Gasteiger charge is -2.56.